The second-order valence-corrected chi connectivity index (χ2v) is 1.81. The third-order valence-electron chi connectivity index (χ3n) is 0.882. The molecule has 0 radical (unpaired) electrons. The molecule has 0 aliphatic heterocycles. The van der Waals surface area contributed by atoms with Crippen molar-refractivity contribution in [3.05, 3.63) is 0 Å². The van der Waals surface area contributed by atoms with E-state index >= 15 is 0 Å². The first-order chi connectivity index (χ1) is 3.27. The van der Waals surface area contributed by atoms with Crippen molar-refractivity contribution in [1.82, 2.24) is 0 Å². The minimum Gasteiger partial charge on any atom is -0.300 e. The molecule has 0 aromatic heterocycles. The Hall–Kier alpha value is -0.0400. The van der Waals surface area contributed by atoms with E-state index in [1.807, 2.05) is 0 Å². The number of hydrogen-bond acceptors (Lipinski definition) is 1. The summed E-state index contributed by atoms with van der Waals surface area (Å²) in [6, 6.07) is 0. The summed E-state index contributed by atoms with van der Waals surface area (Å²) in [7, 11) is 0. The molecule has 2 heteroatoms. The first-order valence-corrected chi connectivity index (χ1v) is 2.76. The zero-order chi connectivity index (χ0) is 5.70. The van der Waals surface area contributed by atoms with Crippen molar-refractivity contribution < 1.29 is 4.79 Å². The molecular formula is C6H13ClO. The standard InChI is InChI=1S/C6H12O.ClH/c1-3-4-5-6(2)7;/h3-5H2,1-2H3;1H. The Morgan fingerprint density at radius 1 is 1.50 bits per heavy atom. The van der Waals surface area contributed by atoms with Gasteiger partial charge in [0.05, 0.1) is 0 Å². The molecule has 0 rings (SSSR count). The second-order valence-electron chi connectivity index (χ2n) is 1.81. The molecule has 1 nitrogen and oxygen atoms in total. The molecule has 0 aromatic carbocycles. The van der Waals surface area contributed by atoms with Crippen LogP contribution in [0.4, 0.5) is 0 Å². The molecule has 0 spiro atoms. The summed E-state index contributed by atoms with van der Waals surface area (Å²) in [5.41, 5.74) is 0. The predicted molar refractivity (Wildman–Crippen MR) is 37.5 cm³/mol. The zero-order valence-electron chi connectivity index (χ0n) is 5.44. The van der Waals surface area contributed by atoms with Crippen LogP contribution in [0.15, 0.2) is 0 Å². The van der Waals surface area contributed by atoms with E-state index in [-0.39, 0.29) is 12.4 Å². The van der Waals surface area contributed by atoms with E-state index in [2.05, 4.69) is 6.92 Å². The first-order valence-electron chi connectivity index (χ1n) is 2.76. The molecule has 8 heavy (non-hydrogen) atoms. The number of Topliss-reactive ketones (excluding diaryl/α,β-unsaturated/α-hetero) is 1. The van der Waals surface area contributed by atoms with E-state index in [9.17, 15) is 4.79 Å². The minimum absolute atomic E-state index is 0. The third kappa shape index (κ3) is 9.35. The van der Waals surface area contributed by atoms with Gasteiger partial charge in [-0.25, -0.2) is 0 Å². The van der Waals surface area contributed by atoms with Crippen molar-refractivity contribution >= 4 is 18.2 Å². The number of rotatable bonds is 3. The summed E-state index contributed by atoms with van der Waals surface area (Å²) in [5.74, 6) is 0.307. The molecule has 0 fully saturated rings. The molecule has 0 bridgehead atoms. The van der Waals surface area contributed by atoms with Crippen molar-refractivity contribution in [2.24, 2.45) is 0 Å². The topological polar surface area (TPSA) is 17.1 Å². The lowest BCUT2D eigenvalue weighted by Gasteiger charge is -1.86. The number of ketones is 1. The van der Waals surface area contributed by atoms with Gasteiger partial charge in [0.25, 0.3) is 0 Å². The van der Waals surface area contributed by atoms with E-state index in [4.69, 9.17) is 0 Å². The van der Waals surface area contributed by atoms with Gasteiger partial charge in [0, 0.05) is 6.42 Å². The van der Waals surface area contributed by atoms with E-state index < -0.39 is 0 Å². The van der Waals surface area contributed by atoms with Crippen molar-refractivity contribution in [2.45, 2.75) is 33.1 Å². The fraction of sp³-hybridized carbons (Fsp3) is 0.833. The average Bonchev–Trinajstić information content (AvgIpc) is 1.61. The maximum atomic E-state index is 10.2. The molecule has 0 atom stereocenters. The number of halogens is 1. The van der Waals surface area contributed by atoms with E-state index in [0.717, 1.165) is 19.3 Å². The van der Waals surface area contributed by atoms with Crippen LogP contribution in [0.2, 0.25) is 0 Å². The van der Waals surface area contributed by atoms with Crippen molar-refractivity contribution in [1.29, 1.82) is 0 Å². The summed E-state index contributed by atoms with van der Waals surface area (Å²) >= 11 is 0. The van der Waals surface area contributed by atoms with Crippen LogP contribution in [0.1, 0.15) is 33.1 Å². The Labute approximate surface area is 56.9 Å². The summed E-state index contributed by atoms with van der Waals surface area (Å²) in [4.78, 5) is 10.2. The normalized spacial score (nSPS) is 7.75. The lowest BCUT2D eigenvalue weighted by atomic mass is 10.2. The molecule has 0 heterocycles. The average molecular weight is 137 g/mol. The summed E-state index contributed by atoms with van der Waals surface area (Å²) in [5, 5.41) is 0. The fourth-order valence-corrected chi connectivity index (χ4v) is 0.426. The fourth-order valence-electron chi connectivity index (χ4n) is 0.426. The maximum Gasteiger partial charge on any atom is 0.129 e. The quantitative estimate of drug-likeness (QED) is 0.581. The molecule has 0 N–H and O–H groups in total. The molecule has 0 aromatic rings. The monoisotopic (exact) mass is 136 g/mol. The van der Waals surface area contributed by atoms with E-state index in [1.165, 1.54) is 0 Å². The molecule has 0 saturated heterocycles. The van der Waals surface area contributed by atoms with Gasteiger partial charge in [-0.1, -0.05) is 13.3 Å². The van der Waals surface area contributed by atoms with Crippen LogP contribution >= 0.6 is 12.4 Å². The molecule has 0 aliphatic carbocycles. The van der Waals surface area contributed by atoms with Crippen LogP contribution in [-0.2, 0) is 4.79 Å². The highest BCUT2D eigenvalue weighted by Gasteiger charge is 1.87. The van der Waals surface area contributed by atoms with Gasteiger partial charge < -0.3 is 4.79 Å². The highest BCUT2D eigenvalue weighted by molar-refractivity contribution is 5.85. The molecule has 0 amide bonds. The highest BCUT2D eigenvalue weighted by atomic mass is 35.5. The van der Waals surface area contributed by atoms with Crippen LogP contribution in [0.25, 0.3) is 0 Å². The molecule has 0 unspecified atom stereocenters. The van der Waals surface area contributed by atoms with E-state index in [1.54, 1.807) is 6.92 Å². The highest BCUT2D eigenvalue weighted by Crippen LogP contribution is 1.92. The molecule has 0 aliphatic rings. The SMILES string of the molecule is CCCCC(C)=O.Cl. The van der Waals surface area contributed by atoms with Gasteiger partial charge in [0.15, 0.2) is 0 Å². The molecule has 50 valence electrons. The van der Waals surface area contributed by atoms with Crippen molar-refractivity contribution in [3.63, 3.8) is 0 Å². The number of unbranched alkanes of at least 4 members (excludes halogenated alkanes) is 1. The number of hydrogen-bond donors (Lipinski definition) is 0. The van der Waals surface area contributed by atoms with Gasteiger partial charge in [-0.15, -0.1) is 12.4 Å². The first kappa shape index (κ1) is 10.9. The molecule has 0 saturated carbocycles. The largest absolute Gasteiger partial charge is 0.300 e. The Morgan fingerprint density at radius 3 is 2.12 bits per heavy atom. The van der Waals surface area contributed by atoms with Gasteiger partial charge in [-0.3, -0.25) is 0 Å². The second kappa shape index (κ2) is 6.96. The third-order valence-corrected chi connectivity index (χ3v) is 0.882. The van der Waals surface area contributed by atoms with Gasteiger partial charge in [0.1, 0.15) is 5.78 Å². The lowest BCUT2D eigenvalue weighted by Crippen LogP contribution is -1.86. The predicted octanol–water partition coefficient (Wildman–Crippen LogP) is 2.19. The Morgan fingerprint density at radius 2 is 2.00 bits per heavy atom. The van der Waals surface area contributed by atoms with Crippen LogP contribution in [0.5, 0.6) is 0 Å². The zero-order valence-corrected chi connectivity index (χ0v) is 6.25. The van der Waals surface area contributed by atoms with Crippen molar-refractivity contribution in [3.8, 4) is 0 Å². The Kier molecular flexibility index (Phi) is 9.44. The summed E-state index contributed by atoms with van der Waals surface area (Å²) in [6.07, 6.45) is 2.94. The van der Waals surface area contributed by atoms with Crippen LogP contribution < -0.4 is 0 Å². The van der Waals surface area contributed by atoms with Crippen LogP contribution in [0, 0.1) is 0 Å². The Bertz CT molecular complexity index is 61.5. The van der Waals surface area contributed by atoms with Gasteiger partial charge >= 0.3 is 0 Å². The maximum absolute atomic E-state index is 10.2. The number of carbonyl (C=O) groups is 1. The van der Waals surface area contributed by atoms with Gasteiger partial charge in [-0.2, -0.15) is 0 Å². The van der Waals surface area contributed by atoms with Crippen molar-refractivity contribution in [2.75, 3.05) is 0 Å². The van der Waals surface area contributed by atoms with Crippen LogP contribution in [-0.4, -0.2) is 5.78 Å². The number of carbonyl (C=O) groups excluding carboxylic acids is 1. The summed E-state index contributed by atoms with van der Waals surface area (Å²) < 4.78 is 0. The molecular weight excluding hydrogens is 124 g/mol. The summed E-state index contributed by atoms with van der Waals surface area (Å²) in [6.45, 7) is 3.72. The van der Waals surface area contributed by atoms with Gasteiger partial charge in [0.2, 0.25) is 0 Å². The Balaban J connectivity index is 0. The lowest BCUT2D eigenvalue weighted by molar-refractivity contribution is -0.117. The smallest absolute Gasteiger partial charge is 0.129 e. The van der Waals surface area contributed by atoms with E-state index in [0.29, 0.717) is 5.78 Å². The minimum atomic E-state index is 0. The van der Waals surface area contributed by atoms with Gasteiger partial charge in [-0.05, 0) is 13.3 Å². The van der Waals surface area contributed by atoms with Crippen LogP contribution in [0.3, 0.4) is 0 Å².